The van der Waals surface area contributed by atoms with Gasteiger partial charge in [0, 0.05) is 0 Å². The summed E-state index contributed by atoms with van der Waals surface area (Å²) in [5.41, 5.74) is 0. The molecule has 4 nitrogen and oxygen atoms in total. The van der Waals surface area contributed by atoms with Crippen molar-refractivity contribution in [2.45, 2.75) is 12.5 Å². The number of rotatable bonds is 3. The maximum absolute atomic E-state index is 12.3. The molecule has 78 valence electrons. The predicted octanol–water partition coefficient (Wildman–Crippen LogP) is 2.11. The van der Waals surface area contributed by atoms with Crippen molar-refractivity contribution < 1.29 is 31.3 Å². The highest BCUT2D eigenvalue weighted by Gasteiger charge is 2.43. The lowest BCUT2D eigenvalue weighted by Crippen LogP contribution is -2.24. The normalized spacial score (nSPS) is 23.0. The van der Waals surface area contributed by atoms with Gasteiger partial charge in [-0.3, -0.25) is 9.05 Å². The molecule has 0 atom stereocenters. The summed E-state index contributed by atoms with van der Waals surface area (Å²) in [6.45, 7) is -2.07. The fourth-order valence-electron chi connectivity index (χ4n) is 0.690. The summed E-state index contributed by atoms with van der Waals surface area (Å²) in [6, 6.07) is 0. The van der Waals surface area contributed by atoms with E-state index in [4.69, 9.17) is 0 Å². The summed E-state index contributed by atoms with van der Waals surface area (Å²) < 4.78 is 59.5. The maximum Gasteiger partial charge on any atom is 0.479 e. The zero-order valence-electron chi connectivity index (χ0n) is 6.54. The molecule has 0 bridgehead atoms. The molecule has 1 rings (SSSR count). The Morgan fingerprint density at radius 1 is 1.38 bits per heavy atom. The van der Waals surface area contributed by atoms with E-state index in [9.17, 15) is 17.7 Å². The second kappa shape index (κ2) is 3.96. The van der Waals surface area contributed by atoms with E-state index < -0.39 is 20.6 Å². The Bertz CT molecular complexity index is 212. The molecule has 8 heteroatoms. The van der Waals surface area contributed by atoms with E-state index in [-0.39, 0.29) is 13.2 Å². The minimum atomic E-state index is -4.24. The highest BCUT2D eigenvalue weighted by Crippen LogP contribution is 2.55. The standard InChI is InChI=1S/C5H8F3O4P/c6-4-5(7,8)12-13(9)10-2-1-3-11-13/h1-4H2. The molecule has 0 radical (unpaired) electrons. The van der Waals surface area contributed by atoms with E-state index in [1.807, 2.05) is 0 Å². The van der Waals surface area contributed by atoms with Crippen LogP contribution in [0.2, 0.25) is 0 Å². The van der Waals surface area contributed by atoms with Gasteiger partial charge in [-0.1, -0.05) is 0 Å². The summed E-state index contributed by atoms with van der Waals surface area (Å²) in [5.74, 6) is 0. The fourth-order valence-corrected chi connectivity index (χ4v) is 1.95. The lowest BCUT2D eigenvalue weighted by atomic mass is 10.5. The van der Waals surface area contributed by atoms with Crippen molar-refractivity contribution in [2.75, 3.05) is 19.9 Å². The topological polar surface area (TPSA) is 44.8 Å². The zero-order chi connectivity index (χ0) is 9.95. The first-order valence-corrected chi connectivity index (χ1v) is 4.97. The van der Waals surface area contributed by atoms with Gasteiger partial charge in [-0.25, -0.2) is 13.5 Å². The maximum atomic E-state index is 12.3. The molecule has 0 aromatic heterocycles. The third-order valence-corrected chi connectivity index (χ3v) is 2.68. The van der Waals surface area contributed by atoms with Crippen LogP contribution in [0, 0.1) is 0 Å². The third-order valence-electron chi connectivity index (χ3n) is 1.19. The van der Waals surface area contributed by atoms with Crippen LogP contribution in [-0.4, -0.2) is 26.0 Å². The van der Waals surface area contributed by atoms with E-state index in [0.29, 0.717) is 6.42 Å². The smallest absolute Gasteiger partial charge is 0.287 e. The Balaban J connectivity index is 2.55. The van der Waals surface area contributed by atoms with Crippen molar-refractivity contribution >= 4 is 7.82 Å². The molecule has 0 aliphatic carbocycles. The van der Waals surface area contributed by atoms with Crippen LogP contribution in [0.4, 0.5) is 13.2 Å². The molecule has 0 unspecified atom stereocenters. The highest BCUT2D eigenvalue weighted by atomic mass is 31.2. The molecule has 1 aliphatic rings. The third kappa shape index (κ3) is 3.27. The predicted molar refractivity (Wildman–Crippen MR) is 36.1 cm³/mol. The van der Waals surface area contributed by atoms with E-state index in [2.05, 4.69) is 13.6 Å². The number of alkyl halides is 3. The molecule has 0 aromatic carbocycles. The SMILES string of the molecule is O=P1(OC(F)(F)CF)OCCCO1. The molecule has 0 N–H and O–H groups in total. The molecule has 1 heterocycles. The minimum Gasteiger partial charge on any atom is -0.287 e. The van der Waals surface area contributed by atoms with Gasteiger partial charge in [0.15, 0.2) is 6.67 Å². The Morgan fingerprint density at radius 2 is 1.92 bits per heavy atom. The second-order valence-corrected chi connectivity index (χ2v) is 3.92. The average molecular weight is 220 g/mol. The van der Waals surface area contributed by atoms with Gasteiger partial charge in [-0.15, -0.1) is 0 Å². The molecule has 0 saturated carbocycles. The molecular weight excluding hydrogens is 212 g/mol. The van der Waals surface area contributed by atoms with Crippen LogP contribution < -0.4 is 0 Å². The number of phosphoric acid groups is 1. The van der Waals surface area contributed by atoms with Gasteiger partial charge in [-0.2, -0.15) is 8.78 Å². The van der Waals surface area contributed by atoms with E-state index >= 15 is 0 Å². The quantitative estimate of drug-likeness (QED) is 0.683. The van der Waals surface area contributed by atoms with Gasteiger partial charge >= 0.3 is 13.9 Å². The van der Waals surface area contributed by atoms with Crippen molar-refractivity contribution in [2.24, 2.45) is 0 Å². The summed E-state index contributed by atoms with van der Waals surface area (Å²) in [4.78, 5) is 0. The van der Waals surface area contributed by atoms with Gasteiger partial charge in [-0.05, 0) is 6.42 Å². The van der Waals surface area contributed by atoms with Crippen LogP contribution >= 0.6 is 7.82 Å². The summed E-state index contributed by atoms with van der Waals surface area (Å²) in [7, 11) is -4.24. The molecule has 0 spiro atoms. The van der Waals surface area contributed by atoms with E-state index in [0.717, 1.165) is 0 Å². The van der Waals surface area contributed by atoms with Gasteiger partial charge < -0.3 is 0 Å². The second-order valence-electron chi connectivity index (χ2n) is 2.33. The molecule has 0 amide bonds. The van der Waals surface area contributed by atoms with Crippen molar-refractivity contribution in [1.82, 2.24) is 0 Å². The highest BCUT2D eigenvalue weighted by molar-refractivity contribution is 7.48. The van der Waals surface area contributed by atoms with Crippen LogP contribution in [0.3, 0.4) is 0 Å². The lowest BCUT2D eigenvalue weighted by Gasteiger charge is -2.24. The Hall–Kier alpha value is -0.100. The largest absolute Gasteiger partial charge is 0.479 e. The molecule has 1 saturated heterocycles. The van der Waals surface area contributed by atoms with Crippen molar-refractivity contribution in [3.05, 3.63) is 0 Å². The van der Waals surface area contributed by atoms with Gasteiger partial charge in [0.1, 0.15) is 0 Å². The fraction of sp³-hybridized carbons (Fsp3) is 1.00. The number of hydrogen-bond donors (Lipinski definition) is 0. The van der Waals surface area contributed by atoms with Crippen LogP contribution in [0.1, 0.15) is 6.42 Å². The van der Waals surface area contributed by atoms with Gasteiger partial charge in [0.05, 0.1) is 13.2 Å². The zero-order valence-corrected chi connectivity index (χ0v) is 7.44. The average Bonchev–Trinajstić information content (AvgIpc) is 2.04. The molecule has 1 fully saturated rings. The Morgan fingerprint density at radius 3 is 2.38 bits per heavy atom. The Kier molecular flexibility index (Phi) is 3.34. The molecule has 1 aliphatic heterocycles. The van der Waals surface area contributed by atoms with Crippen molar-refractivity contribution in [1.29, 1.82) is 0 Å². The van der Waals surface area contributed by atoms with Crippen LogP contribution in [0.25, 0.3) is 0 Å². The molecule has 13 heavy (non-hydrogen) atoms. The Labute approximate surface area is 72.6 Å². The van der Waals surface area contributed by atoms with Crippen LogP contribution in [0.15, 0.2) is 0 Å². The monoisotopic (exact) mass is 220 g/mol. The van der Waals surface area contributed by atoms with Gasteiger partial charge in [0.25, 0.3) is 0 Å². The minimum absolute atomic E-state index is 0.000354. The molecule has 0 aromatic rings. The van der Waals surface area contributed by atoms with E-state index in [1.165, 1.54) is 0 Å². The van der Waals surface area contributed by atoms with Crippen molar-refractivity contribution in [3.63, 3.8) is 0 Å². The first-order chi connectivity index (χ1) is 5.97. The van der Waals surface area contributed by atoms with Crippen LogP contribution in [-0.2, 0) is 18.1 Å². The summed E-state index contributed by atoms with van der Waals surface area (Å²) in [6.07, 6.45) is -3.68. The summed E-state index contributed by atoms with van der Waals surface area (Å²) in [5, 5.41) is 0. The number of halogens is 3. The number of phosphoric ester groups is 1. The molecular formula is C5H8F3O4P. The van der Waals surface area contributed by atoms with Crippen molar-refractivity contribution in [3.8, 4) is 0 Å². The lowest BCUT2D eigenvalue weighted by molar-refractivity contribution is -0.201. The van der Waals surface area contributed by atoms with Crippen LogP contribution in [0.5, 0.6) is 0 Å². The first kappa shape index (κ1) is 11.0. The first-order valence-electron chi connectivity index (χ1n) is 3.51. The summed E-state index contributed by atoms with van der Waals surface area (Å²) >= 11 is 0. The van der Waals surface area contributed by atoms with Gasteiger partial charge in [0.2, 0.25) is 0 Å². The number of hydrogen-bond acceptors (Lipinski definition) is 4. The van der Waals surface area contributed by atoms with E-state index in [1.54, 1.807) is 0 Å².